The summed E-state index contributed by atoms with van der Waals surface area (Å²) in [5.74, 6) is -0.666. The number of rotatable bonds is 4. The van der Waals surface area contributed by atoms with Gasteiger partial charge in [-0.3, -0.25) is 4.79 Å². The molecule has 0 aliphatic rings. The van der Waals surface area contributed by atoms with Gasteiger partial charge in [0.05, 0.1) is 7.11 Å². The van der Waals surface area contributed by atoms with E-state index in [0.29, 0.717) is 5.89 Å². The maximum atomic E-state index is 11.9. The molecule has 0 saturated carbocycles. The van der Waals surface area contributed by atoms with Crippen molar-refractivity contribution in [3.05, 3.63) is 42.3 Å². The van der Waals surface area contributed by atoms with Crippen LogP contribution in [0, 0.1) is 0 Å². The number of aromatic nitrogens is 1. The molecule has 1 N–H and O–H groups in total. The summed E-state index contributed by atoms with van der Waals surface area (Å²) in [7, 11) is 1.26. The summed E-state index contributed by atoms with van der Waals surface area (Å²) < 4.78 is 9.78. The van der Waals surface area contributed by atoms with Gasteiger partial charge in [0.25, 0.3) is 5.91 Å². The SMILES string of the molecule is COC(=O)C(C)NC(=O)c1coc(-c2ccccc2)n1. The molecule has 2 aromatic rings. The Morgan fingerprint density at radius 3 is 2.65 bits per heavy atom. The number of esters is 1. The van der Waals surface area contributed by atoms with Gasteiger partial charge in [-0.1, -0.05) is 18.2 Å². The van der Waals surface area contributed by atoms with E-state index in [-0.39, 0.29) is 5.69 Å². The molecule has 0 spiro atoms. The third kappa shape index (κ3) is 3.03. The van der Waals surface area contributed by atoms with E-state index in [9.17, 15) is 9.59 Å². The van der Waals surface area contributed by atoms with E-state index < -0.39 is 17.9 Å². The summed E-state index contributed by atoms with van der Waals surface area (Å²) in [6, 6.07) is 8.47. The van der Waals surface area contributed by atoms with Gasteiger partial charge >= 0.3 is 5.97 Å². The van der Waals surface area contributed by atoms with Crippen LogP contribution < -0.4 is 5.32 Å². The highest BCUT2D eigenvalue weighted by Gasteiger charge is 2.19. The van der Waals surface area contributed by atoms with Crippen molar-refractivity contribution in [3.63, 3.8) is 0 Å². The molecule has 1 aromatic heterocycles. The van der Waals surface area contributed by atoms with Crippen LogP contribution in [0.3, 0.4) is 0 Å². The monoisotopic (exact) mass is 274 g/mol. The zero-order valence-corrected chi connectivity index (χ0v) is 11.1. The Kier molecular flexibility index (Phi) is 4.14. The third-order valence-corrected chi connectivity index (χ3v) is 2.66. The number of carbonyl (C=O) groups is 2. The molecule has 6 heteroatoms. The number of hydrogen-bond acceptors (Lipinski definition) is 5. The van der Waals surface area contributed by atoms with Crippen molar-refractivity contribution in [3.8, 4) is 11.5 Å². The van der Waals surface area contributed by atoms with E-state index in [1.165, 1.54) is 20.3 Å². The summed E-state index contributed by atoms with van der Waals surface area (Å²) in [5, 5.41) is 2.48. The van der Waals surface area contributed by atoms with Gasteiger partial charge in [-0.2, -0.15) is 0 Å². The van der Waals surface area contributed by atoms with Gasteiger partial charge < -0.3 is 14.5 Å². The fourth-order valence-electron chi connectivity index (χ4n) is 1.60. The summed E-state index contributed by atoms with van der Waals surface area (Å²) in [6.07, 6.45) is 1.25. The Bertz CT molecular complexity index is 607. The van der Waals surface area contributed by atoms with E-state index >= 15 is 0 Å². The van der Waals surface area contributed by atoms with Crippen LogP contribution in [-0.4, -0.2) is 30.0 Å². The first-order valence-electron chi connectivity index (χ1n) is 6.01. The molecule has 1 unspecified atom stereocenters. The molecule has 20 heavy (non-hydrogen) atoms. The van der Waals surface area contributed by atoms with Crippen LogP contribution in [0.1, 0.15) is 17.4 Å². The van der Waals surface area contributed by atoms with Crippen LogP contribution in [-0.2, 0) is 9.53 Å². The molecule has 0 aliphatic heterocycles. The number of amides is 1. The maximum Gasteiger partial charge on any atom is 0.328 e. The lowest BCUT2D eigenvalue weighted by molar-refractivity contribution is -0.142. The molecule has 0 radical (unpaired) electrons. The van der Waals surface area contributed by atoms with Gasteiger partial charge in [-0.05, 0) is 19.1 Å². The van der Waals surface area contributed by atoms with E-state index in [0.717, 1.165) is 5.56 Å². The summed E-state index contributed by atoms with van der Waals surface area (Å²) in [6.45, 7) is 1.53. The van der Waals surface area contributed by atoms with Crippen LogP contribution in [0.2, 0.25) is 0 Å². The van der Waals surface area contributed by atoms with Gasteiger partial charge in [-0.15, -0.1) is 0 Å². The van der Waals surface area contributed by atoms with Crippen molar-refractivity contribution in [1.82, 2.24) is 10.3 Å². The molecule has 6 nitrogen and oxygen atoms in total. The number of nitrogens with one attached hydrogen (secondary N) is 1. The Hall–Kier alpha value is -2.63. The zero-order valence-electron chi connectivity index (χ0n) is 11.1. The lowest BCUT2D eigenvalue weighted by Crippen LogP contribution is -2.39. The molecule has 1 heterocycles. The normalized spacial score (nSPS) is 11.7. The molecule has 2 rings (SSSR count). The van der Waals surface area contributed by atoms with Crippen molar-refractivity contribution < 1.29 is 18.7 Å². The highest BCUT2D eigenvalue weighted by molar-refractivity contribution is 5.95. The minimum absolute atomic E-state index is 0.111. The quantitative estimate of drug-likeness (QED) is 0.857. The number of oxazole rings is 1. The third-order valence-electron chi connectivity index (χ3n) is 2.66. The molecule has 0 fully saturated rings. The molecule has 0 bridgehead atoms. The second kappa shape index (κ2) is 6.01. The maximum absolute atomic E-state index is 11.9. The predicted molar refractivity (Wildman–Crippen MR) is 70.9 cm³/mol. The van der Waals surface area contributed by atoms with E-state index in [2.05, 4.69) is 15.0 Å². The Labute approximate surface area is 115 Å². The minimum Gasteiger partial charge on any atom is -0.467 e. The highest BCUT2D eigenvalue weighted by atomic mass is 16.5. The van der Waals surface area contributed by atoms with Crippen molar-refractivity contribution in [2.24, 2.45) is 0 Å². The first-order valence-corrected chi connectivity index (χ1v) is 6.01. The topological polar surface area (TPSA) is 81.4 Å². The fraction of sp³-hybridized carbons (Fsp3) is 0.214. The molecule has 1 aromatic carbocycles. The number of carbonyl (C=O) groups excluding carboxylic acids is 2. The summed E-state index contributed by atoms with van der Waals surface area (Å²) in [5.41, 5.74) is 0.882. The highest BCUT2D eigenvalue weighted by Crippen LogP contribution is 2.17. The molecule has 1 atom stereocenters. The molecule has 0 saturated heterocycles. The molecule has 0 aliphatic carbocycles. The van der Waals surface area contributed by atoms with Gasteiger partial charge in [0.15, 0.2) is 5.69 Å². The van der Waals surface area contributed by atoms with Crippen LogP contribution in [0.5, 0.6) is 0 Å². The molecule has 104 valence electrons. The predicted octanol–water partition coefficient (Wildman–Crippen LogP) is 1.63. The Morgan fingerprint density at radius 2 is 2.00 bits per heavy atom. The van der Waals surface area contributed by atoms with E-state index in [1.807, 2.05) is 30.3 Å². The second-order valence-electron chi connectivity index (χ2n) is 4.12. The number of hydrogen-bond donors (Lipinski definition) is 1. The molecular weight excluding hydrogens is 260 g/mol. The van der Waals surface area contributed by atoms with Crippen LogP contribution in [0.15, 0.2) is 41.0 Å². The number of methoxy groups -OCH3 is 1. The minimum atomic E-state index is -0.746. The standard InChI is InChI=1S/C14H14N2O4/c1-9(14(18)19-2)15-12(17)11-8-20-13(16-11)10-6-4-3-5-7-10/h3-9H,1-2H3,(H,15,17). The van der Waals surface area contributed by atoms with Gasteiger partial charge in [0.2, 0.25) is 5.89 Å². The van der Waals surface area contributed by atoms with Crippen molar-refractivity contribution in [2.75, 3.05) is 7.11 Å². The first-order chi connectivity index (χ1) is 9.61. The molecule has 1 amide bonds. The zero-order chi connectivity index (χ0) is 14.5. The average molecular weight is 274 g/mol. The van der Waals surface area contributed by atoms with Crippen LogP contribution in [0.4, 0.5) is 0 Å². The van der Waals surface area contributed by atoms with Crippen LogP contribution >= 0.6 is 0 Å². The van der Waals surface area contributed by atoms with Gasteiger partial charge in [0.1, 0.15) is 12.3 Å². The smallest absolute Gasteiger partial charge is 0.328 e. The lowest BCUT2D eigenvalue weighted by Gasteiger charge is -2.09. The van der Waals surface area contributed by atoms with Gasteiger partial charge in [0, 0.05) is 5.56 Å². The summed E-state index contributed by atoms with van der Waals surface area (Å²) in [4.78, 5) is 27.2. The van der Waals surface area contributed by atoms with Gasteiger partial charge in [-0.25, -0.2) is 9.78 Å². The number of nitrogens with zero attached hydrogens (tertiary/aromatic N) is 1. The first kappa shape index (κ1) is 13.8. The summed E-state index contributed by atoms with van der Waals surface area (Å²) >= 11 is 0. The fourth-order valence-corrected chi connectivity index (χ4v) is 1.60. The van der Waals surface area contributed by atoms with Crippen molar-refractivity contribution in [1.29, 1.82) is 0 Å². The Morgan fingerprint density at radius 1 is 1.30 bits per heavy atom. The van der Waals surface area contributed by atoms with E-state index in [1.54, 1.807) is 0 Å². The Balaban J connectivity index is 2.09. The largest absolute Gasteiger partial charge is 0.467 e. The van der Waals surface area contributed by atoms with Crippen molar-refractivity contribution in [2.45, 2.75) is 13.0 Å². The number of ether oxygens (including phenoxy) is 1. The van der Waals surface area contributed by atoms with E-state index in [4.69, 9.17) is 4.42 Å². The molecular formula is C14H14N2O4. The number of benzene rings is 1. The average Bonchev–Trinajstić information content (AvgIpc) is 2.97. The second-order valence-corrected chi connectivity index (χ2v) is 4.12. The van der Waals surface area contributed by atoms with Crippen molar-refractivity contribution >= 4 is 11.9 Å². The lowest BCUT2D eigenvalue weighted by atomic mass is 10.2. The van der Waals surface area contributed by atoms with Crippen LogP contribution in [0.25, 0.3) is 11.5 Å².